The van der Waals surface area contributed by atoms with E-state index in [9.17, 15) is 24.3 Å². The summed E-state index contributed by atoms with van der Waals surface area (Å²) in [5, 5.41) is 25.8. The lowest BCUT2D eigenvalue weighted by molar-refractivity contribution is -0.141. The highest BCUT2D eigenvalue weighted by molar-refractivity contribution is 7.98. The van der Waals surface area contributed by atoms with Crippen molar-refractivity contribution in [2.75, 3.05) is 18.6 Å². The van der Waals surface area contributed by atoms with Crippen LogP contribution in [0.5, 0.6) is 0 Å². The number of aliphatic hydroxyl groups is 1. The number of rotatable bonds is 13. The summed E-state index contributed by atoms with van der Waals surface area (Å²) < 4.78 is 0. The smallest absolute Gasteiger partial charge is 0.326 e. The molecule has 1 aromatic rings. The van der Waals surface area contributed by atoms with Crippen LogP contribution >= 0.6 is 11.8 Å². The molecule has 12 nitrogen and oxygen atoms in total. The summed E-state index contributed by atoms with van der Waals surface area (Å²) in [5.41, 5.74) is 6.14. The zero-order chi connectivity index (χ0) is 22.7. The summed E-state index contributed by atoms with van der Waals surface area (Å²) in [6, 6.07) is -3.40. The van der Waals surface area contributed by atoms with Crippen molar-refractivity contribution < 1.29 is 29.4 Å². The van der Waals surface area contributed by atoms with Gasteiger partial charge in [-0.05, 0) is 25.4 Å². The quantitative estimate of drug-likeness (QED) is 0.173. The average molecular weight is 445 g/mol. The standard InChI is InChI=1S/C17H28N6O6S/c1-9(24)14(18)16(27)23-12(5-10-6-19-8-21-10)15(26)20-7-13(25)22-11(17(28)29)3-4-30-2/h6,8-9,11-12,14,24H,3-5,7,18H2,1-2H3,(H,19,21)(H,20,26)(H,22,25)(H,23,27)(H,28,29). The zero-order valence-corrected chi connectivity index (χ0v) is 17.6. The minimum Gasteiger partial charge on any atom is -0.480 e. The number of carboxylic acid groups (broad SMARTS) is 1. The van der Waals surface area contributed by atoms with Gasteiger partial charge in [-0.1, -0.05) is 0 Å². The summed E-state index contributed by atoms with van der Waals surface area (Å²) in [5.74, 6) is -2.71. The van der Waals surface area contributed by atoms with E-state index in [1.165, 1.54) is 31.2 Å². The number of carbonyl (C=O) groups is 4. The number of imidazole rings is 1. The van der Waals surface area contributed by atoms with E-state index in [4.69, 9.17) is 10.8 Å². The van der Waals surface area contributed by atoms with Gasteiger partial charge in [0.15, 0.2) is 0 Å². The summed E-state index contributed by atoms with van der Waals surface area (Å²) >= 11 is 1.45. The number of hydrogen-bond donors (Lipinski definition) is 7. The Morgan fingerprint density at radius 3 is 2.47 bits per heavy atom. The van der Waals surface area contributed by atoms with Crippen molar-refractivity contribution in [2.24, 2.45) is 5.73 Å². The third-order valence-corrected chi connectivity index (χ3v) is 4.75. The molecular formula is C17H28N6O6S. The Morgan fingerprint density at radius 1 is 1.23 bits per heavy atom. The molecule has 3 amide bonds. The average Bonchev–Trinajstić information content (AvgIpc) is 3.20. The molecule has 0 aliphatic heterocycles. The summed E-state index contributed by atoms with van der Waals surface area (Å²) in [7, 11) is 0. The molecule has 4 unspecified atom stereocenters. The Kier molecular flexibility index (Phi) is 10.9. The number of aliphatic hydroxyl groups excluding tert-OH is 1. The molecule has 168 valence electrons. The number of amides is 3. The summed E-state index contributed by atoms with van der Waals surface area (Å²) in [6.07, 6.45) is 3.85. The SMILES string of the molecule is CSCCC(NC(=O)CNC(=O)C(Cc1cnc[nH]1)NC(=O)C(N)C(C)O)C(=O)O. The fourth-order valence-electron chi connectivity index (χ4n) is 2.34. The predicted molar refractivity (Wildman–Crippen MR) is 109 cm³/mol. The summed E-state index contributed by atoms with van der Waals surface area (Å²) in [6.45, 7) is 0.869. The summed E-state index contributed by atoms with van der Waals surface area (Å²) in [4.78, 5) is 54.5. The molecule has 0 fully saturated rings. The molecule has 0 aliphatic rings. The number of aromatic amines is 1. The number of nitrogens with zero attached hydrogens (tertiary/aromatic N) is 1. The van der Waals surface area contributed by atoms with Gasteiger partial charge in [-0.25, -0.2) is 9.78 Å². The normalized spacial score (nSPS) is 14.8. The number of aromatic nitrogens is 2. The van der Waals surface area contributed by atoms with Gasteiger partial charge in [0.25, 0.3) is 0 Å². The van der Waals surface area contributed by atoms with Gasteiger partial charge < -0.3 is 36.9 Å². The van der Waals surface area contributed by atoms with Crippen LogP contribution in [0.3, 0.4) is 0 Å². The molecule has 0 aromatic carbocycles. The number of nitrogens with two attached hydrogens (primary N) is 1. The van der Waals surface area contributed by atoms with E-state index in [-0.39, 0.29) is 12.8 Å². The lowest BCUT2D eigenvalue weighted by atomic mass is 10.1. The highest BCUT2D eigenvalue weighted by Crippen LogP contribution is 2.02. The van der Waals surface area contributed by atoms with Crippen LogP contribution in [-0.2, 0) is 25.6 Å². The molecule has 0 saturated heterocycles. The maximum absolute atomic E-state index is 12.5. The molecule has 1 rings (SSSR count). The van der Waals surface area contributed by atoms with E-state index < -0.39 is 54.5 Å². The van der Waals surface area contributed by atoms with Gasteiger partial charge in [-0.2, -0.15) is 11.8 Å². The second-order valence-corrected chi connectivity index (χ2v) is 7.55. The van der Waals surface area contributed by atoms with Gasteiger partial charge in [0, 0.05) is 18.3 Å². The highest BCUT2D eigenvalue weighted by Gasteiger charge is 2.27. The second kappa shape index (κ2) is 12.8. The maximum atomic E-state index is 12.5. The van der Waals surface area contributed by atoms with Crippen molar-refractivity contribution in [3.8, 4) is 0 Å². The van der Waals surface area contributed by atoms with Crippen LogP contribution < -0.4 is 21.7 Å². The molecule has 0 spiro atoms. The third-order valence-electron chi connectivity index (χ3n) is 4.10. The van der Waals surface area contributed by atoms with Gasteiger partial charge in [0.05, 0.1) is 19.0 Å². The number of carboxylic acids is 1. The molecule has 30 heavy (non-hydrogen) atoms. The number of thioether (sulfide) groups is 1. The predicted octanol–water partition coefficient (Wildman–Crippen LogP) is -2.42. The third kappa shape index (κ3) is 8.80. The van der Waals surface area contributed by atoms with Crippen LogP contribution in [0.1, 0.15) is 19.0 Å². The molecule has 13 heteroatoms. The molecule has 0 aliphatic carbocycles. The molecule has 0 bridgehead atoms. The Morgan fingerprint density at radius 2 is 1.93 bits per heavy atom. The molecule has 0 radical (unpaired) electrons. The lowest BCUT2D eigenvalue weighted by Gasteiger charge is -2.21. The van der Waals surface area contributed by atoms with Gasteiger partial charge in [0.1, 0.15) is 18.1 Å². The first kappa shape index (κ1) is 25.4. The number of H-pyrrole nitrogens is 1. The van der Waals surface area contributed by atoms with Crippen LogP contribution in [0.2, 0.25) is 0 Å². The Labute approximate surface area is 177 Å². The van der Waals surface area contributed by atoms with Crippen molar-refractivity contribution in [3.63, 3.8) is 0 Å². The first-order valence-electron chi connectivity index (χ1n) is 9.15. The van der Waals surface area contributed by atoms with E-state index in [1.807, 2.05) is 6.26 Å². The minimum atomic E-state index is -1.24. The maximum Gasteiger partial charge on any atom is 0.326 e. The zero-order valence-electron chi connectivity index (χ0n) is 16.8. The minimum absolute atomic E-state index is 0.0389. The molecule has 1 aromatic heterocycles. The first-order chi connectivity index (χ1) is 14.1. The van der Waals surface area contributed by atoms with Gasteiger partial charge in [-0.15, -0.1) is 0 Å². The Balaban J connectivity index is 2.70. The van der Waals surface area contributed by atoms with Crippen molar-refractivity contribution in [2.45, 2.75) is 44.0 Å². The fourth-order valence-corrected chi connectivity index (χ4v) is 2.81. The fraction of sp³-hybridized carbons (Fsp3) is 0.588. The van der Waals surface area contributed by atoms with Crippen LogP contribution in [0, 0.1) is 0 Å². The van der Waals surface area contributed by atoms with Crippen molar-refractivity contribution >= 4 is 35.5 Å². The topological polar surface area (TPSA) is 200 Å². The second-order valence-electron chi connectivity index (χ2n) is 6.57. The number of hydrogen-bond acceptors (Lipinski definition) is 8. The van der Waals surface area contributed by atoms with E-state index >= 15 is 0 Å². The highest BCUT2D eigenvalue weighted by atomic mass is 32.2. The van der Waals surface area contributed by atoms with Crippen molar-refractivity contribution in [1.29, 1.82) is 0 Å². The van der Waals surface area contributed by atoms with Gasteiger partial charge in [-0.3, -0.25) is 14.4 Å². The van der Waals surface area contributed by atoms with Crippen molar-refractivity contribution in [1.82, 2.24) is 25.9 Å². The van der Waals surface area contributed by atoms with Crippen LogP contribution in [0.4, 0.5) is 0 Å². The van der Waals surface area contributed by atoms with Crippen LogP contribution in [-0.4, -0.2) is 86.7 Å². The van der Waals surface area contributed by atoms with Crippen LogP contribution in [0.25, 0.3) is 0 Å². The first-order valence-corrected chi connectivity index (χ1v) is 10.5. The van der Waals surface area contributed by atoms with Gasteiger partial charge >= 0.3 is 5.97 Å². The number of aliphatic carboxylic acids is 1. The van der Waals surface area contributed by atoms with Gasteiger partial charge in [0.2, 0.25) is 17.7 Å². The lowest BCUT2D eigenvalue weighted by Crippen LogP contribution is -2.56. The largest absolute Gasteiger partial charge is 0.480 e. The number of nitrogens with one attached hydrogen (secondary N) is 4. The van der Waals surface area contributed by atoms with E-state index in [0.717, 1.165) is 0 Å². The Bertz CT molecular complexity index is 714. The molecule has 0 saturated carbocycles. The van der Waals surface area contributed by atoms with Crippen molar-refractivity contribution in [3.05, 3.63) is 18.2 Å². The molecule has 4 atom stereocenters. The monoisotopic (exact) mass is 444 g/mol. The molecule has 1 heterocycles. The molecular weight excluding hydrogens is 416 g/mol. The molecule has 8 N–H and O–H groups in total. The van der Waals surface area contributed by atoms with E-state index in [0.29, 0.717) is 11.4 Å². The number of carbonyl (C=O) groups excluding carboxylic acids is 3. The Hall–Kier alpha value is -2.64. The van der Waals surface area contributed by atoms with E-state index in [1.54, 1.807) is 0 Å². The van der Waals surface area contributed by atoms with Crippen LogP contribution in [0.15, 0.2) is 12.5 Å². The van der Waals surface area contributed by atoms with E-state index in [2.05, 4.69) is 25.9 Å².